The molecule has 1 fully saturated rings. The molecule has 1 aliphatic heterocycles. The summed E-state index contributed by atoms with van der Waals surface area (Å²) < 4.78 is 38.6. The molecule has 0 saturated carbocycles. The van der Waals surface area contributed by atoms with Crippen molar-refractivity contribution < 1.29 is 37.8 Å². The van der Waals surface area contributed by atoms with Crippen LogP contribution < -0.4 is 11.1 Å². The number of aliphatic hydroxyl groups excluding tert-OH is 2. The quantitative estimate of drug-likeness (QED) is 0.320. The Labute approximate surface area is 205 Å². The van der Waals surface area contributed by atoms with E-state index in [2.05, 4.69) is 5.32 Å². The zero-order chi connectivity index (χ0) is 26.5. The normalized spacial score (nSPS) is 18.2. The van der Waals surface area contributed by atoms with E-state index in [1.165, 1.54) is 29.2 Å². The summed E-state index contributed by atoms with van der Waals surface area (Å²) in [5.74, 6) is -1.75. The topological polar surface area (TPSA) is 133 Å². The zero-order valence-electron chi connectivity index (χ0n) is 19.1. The number of benzene rings is 2. The van der Waals surface area contributed by atoms with E-state index in [4.69, 9.17) is 5.73 Å². The Balaban J connectivity index is 1.60. The Bertz CT molecular complexity index is 1120. The molecule has 1 aliphatic rings. The Morgan fingerprint density at radius 2 is 1.72 bits per heavy atom. The van der Waals surface area contributed by atoms with E-state index in [9.17, 15) is 37.8 Å². The number of likely N-dealkylation sites (tertiary alicyclic amines) is 1. The number of carbonyl (C=O) groups is 3. The highest BCUT2D eigenvalue weighted by Crippen LogP contribution is 2.32. The number of aliphatic hydroxyl groups is 2. The van der Waals surface area contributed by atoms with Gasteiger partial charge in [0.1, 0.15) is 5.57 Å². The van der Waals surface area contributed by atoms with Crippen molar-refractivity contribution >= 4 is 23.8 Å². The standard InChI is InChI=1S/C25H26F3N3O5/c26-25(27,28)18(14-32)20(29)17-10-8-15(9-11-17)13-30-23(35)21(33)22(34)24(36)31-12-4-7-19(31)16-5-2-1-3-6-16/h1-3,5-6,8-11,14,19,21-22,33-34H,4,7,12-13,29H2,(H,30,35)/t19-,21-,22-/m1/s1. The molecule has 3 rings (SSSR count). The van der Waals surface area contributed by atoms with Crippen molar-refractivity contribution in [2.45, 2.75) is 43.8 Å². The maximum Gasteiger partial charge on any atom is 0.421 e. The van der Waals surface area contributed by atoms with E-state index in [1.54, 1.807) is 0 Å². The van der Waals surface area contributed by atoms with Gasteiger partial charge in [-0.25, -0.2) is 0 Å². The summed E-state index contributed by atoms with van der Waals surface area (Å²) in [6, 6.07) is 14.2. The van der Waals surface area contributed by atoms with Crippen molar-refractivity contribution in [1.82, 2.24) is 10.2 Å². The Morgan fingerprint density at radius 1 is 1.08 bits per heavy atom. The molecule has 1 saturated heterocycles. The highest BCUT2D eigenvalue weighted by molar-refractivity contribution is 5.91. The smallest absolute Gasteiger partial charge is 0.398 e. The predicted molar refractivity (Wildman–Crippen MR) is 124 cm³/mol. The van der Waals surface area contributed by atoms with Crippen LogP contribution in [0.4, 0.5) is 13.2 Å². The average Bonchev–Trinajstić information content (AvgIpc) is 3.36. The van der Waals surface area contributed by atoms with E-state index in [-0.39, 0.29) is 24.4 Å². The maximum absolute atomic E-state index is 12.9. The summed E-state index contributed by atoms with van der Waals surface area (Å²) in [4.78, 5) is 37.4. The van der Waals surface area contributed by atoms with Crippen LogP contribution >= 0.6 is 0 Å². The number of aldehydes is 1. The molecule has 0 aliphatic carbocycles. The summed E-state index contributed by atoms with van der Waals surface area (Å²) in [5.41, 5.74) is 4.53. The summed E-state index contributed by atoms with van der Waals surface area (Å²) in [6.07, 6.45) is -7.84. The van der Waals surface area contributed by atoms with Gasteiger partial charge in [0.2, 0.25) is 0 Å². The maximum atomic E-state index is 12.9. The number of hydrogen-bond acceptors (Lipinski definition) is 6. The Kier molecular flexibility index (Phi) is 8.49. The Morgan fingerprint density at radius 3 is 2.31 bits per heavy atom. The molecule has 1 heterocycles. The van der Waals surface area contributed by atoms with Crippen LogP contribution in [0.15, 0.2) is 60.2 Å². The van der Waals surface area contributed by atoms with Crippen molar-refractivity contribution in [2.24, 2.45) is 5.73 Å². The van der Waals surface area contributed by atoms with E-state index < -0.39 is 41.5 Å². The first-order valence-electron chi connectivity index (χ1n) is 11.1. The number of nitrogens with one attached hydrogen (secondary N) is 1. The molecule has 0 bridgehead atoms. The molecular formula is C25H26F3N3O5. The second-order valence-electron chi connectivity index (χ2n) is 8.35. The second kappa shape index (κ2) is 11.4. The van der Waals surface area contributed by atoms with Crippen LogP contribution in [0.2, 0.25) is 0 Å². The first-order chi connectivity index (χ1) is 17.0. The molecule has 11 heteroatoms. The number of halogens is 3. The molecule has 8 nitrogen and oxygen atoms in total. The largest absolute Gasteiger partial charge is 0.421 e. The average molecular weight is 505 g/mol. The van der Waals surface area contributed by atoms with Gasteiger partial charge in [-0.2, -0.15) is 13.2 Å². The monoisotopic (exact) mass is 505 g/mol. The number of carbonyl (C=O) groups excluding carboxylic acids is 3. The predicted octanol–water partition coefficient (Wildman–Crippen LogP) is 1.82. The molecule has 5 N–H and O–H groups in total. The molecule has 3 atom stereocenters. The first-order valence-corrected chi connectivity index (χ1v) is 11.1. The van der Waals surface area contributed by atoms with Gasteiger partial charge in [-0.05, 0) is 29.5 Å². The lowest BCUT2D eigenvalue weighted by molar-refractivity contribution is -0.153. The minimum atomic E-state index is -4.90. The lowest BCUT2D eigenvalue weighted by atomic mass is 10.0. The second-order valence-corrected chi connectivity index (χ2v) is 8.35. The lowest BCUT2D eigenvalue weighted by Gasteiger charge is -2.28. The van der Waals surface area contributed by atoms with Crippen LogP contribution in [0.25, 0.3) is 5.70 Å². The van der Waals surface area contributed by atoms with E-state index in [1.807, 2.05) is 30.3 Å². The van der Waals surface area contributed by atoms with Gasteiger partial charge >= 0.3 is 6.18 Å². The van der Waals surface area contributed by atoms with Crippen molar-refractivity contribution in [3.05, 3.63) is 76.9 Å². The molecule has 0 radical (unpaired) electrons. The van der Waals surface area contributed by atoms with E-state index >= 15 is 0 Å². The molecule has 36 heavy (non-hydrogen) atoms. The molecule has 0 aromatic heterocycles. The fraction of sp³-hybridized carbons (Fsp3) is 0.320. The molecule has 0 spiro atoms. The number of amides is 2. The zero-order valence-corrected chi connectivity index (χ0v) is 19.1. The first kappa shape index (κ1) is 26.9. The van der Waals surface area contributed by atoms with Gasteiger partial charge in [-0.1, -0.05) is 54.6 Å². The molecule has 192 valence electrons. The highest BCUT2D eigenvalue weighted by atomic mass is 19.4. The van der Waals surface area contributed by atoms with Gasteiger partial charge < -0.3 is 26.2 Å². The number of nitrogens with two attached hydrogens (primary N) is 1. The number of hydrogen-bond donors (Lipinski definition) is 4. The van der Waals surface area contributed by atoms with Gasteiger partial charge in [-0.3, -0.25) is 14.4 Å². The van der Waals surface area contributed by atoms with Crippen LogP contribution in [-0.2, 0) is 20.9 Å². The molecule has 2 aromatic rings. The summed E-state index contributed by atoms with van der Waals surface area (Å²) in [6.45, 7) is 0.241. The highest BCUT2D eigenvalue weighted by Gasteiger charge is 2.38. The molecular weight excluding hydrogens is 479 g/mol. The summed E-state index contributed by atoms with van der Waals surface area (Å²) >= 11 is 0. The molecule has 2 amide bonds. The third-order valence-electron chi connectivity index (χ3n) is 5.99. The molecule has 0 unspecified atom stereocenters. The van der Waals surface area contributed by atoms with Crippen molar-refractivity contribution in [3.8, 4) is 0 Å². The van der Waals surface area contributed by atoms with Crippen LogP contribution in [0.1, 0.15) is 35.6 Å². The summed E-state index contributed by atoms with van der Waals surface area (Å²) in [5, 5.41) is 23.0. The number of allylic oxidation sites excluding steroid dienone is 1. The van der Waals surface area contributed by atoms with Crippen LogP contribution in [0, 0.1) is 0 Å². The summed E-state index contributed by atoms with van der Waals surface area (Å²) in [7, 11) is 0. The van der Waals surface area contributed by atoms with Crippen molar-refractivity contribution in [2.75, 3.05) is 6.54 Å². The van der Waals surface area contributed by atoms with Gasteiger partial charge in [-0.15, -0.1) is 0 Å². The van der Waals surface area contributed by atoms with Gasteiger partial charge in [0, 0.05) is 13.1 Å². The third-order valence-corrected chi connectivity index (χ3v) is 5.99. The minimum absolute atomic E-state index is 0.0378. The lowest BCUT2D eigenvalue weighted by Crippen LogP contribution is -2.50. The molecule has 2 aromatic carbocycles. The minimum Gasteiger partial charge on any atom is -0.398 e. The third kappa shape index (κ3) is 6.10. The number of rotatable bonds is 8. The van der Waals surface area contributed by atoms with Gasteiger partial charge in [0.15, 0.2) is 18.5 Å². The van der Waals surface area contributed by atoms with Crippen molar-refractivity contribution in [1.29, 1.82) is 0 Å². The van der Waals surface area contributed by atoms with Crippen LogP contribution in [-0.4, -0.2) is 58.1 Å². The van der Waals surface area contributed by atoms with Gasteiger partial charge in [0.05, 0.1) is 11.7 Å². The SMILES string of the molecule is NC(=C(C=O)C(F)(F)F)c1ccc(CNC(=O)[C@H](O)[C@@H](O)C(=O)N2CCC[C@@H]2c2ccccc2)cc1. The van der Waals surface area contributed by atoms with Crippen LogP contribution in [0.5, 0.6) is 0 Å². The van der Waals surface area contributed by atoms with Gasteiger partial charge in [0.25, 0.3) is 11.8 Å². The van der Waals surface area contributed by atoms with Crippen LogP contribution in [0.3, 0.4) is 0 Å². The Hall–Kier alpha value is -3.70. The van der Waals surface area contributed by atoms with E-state index in [0.717, 1.165) is 5.56 Å². The van der Waals surface area contributed by atoms with E-state index in [0.29, 0.717) is 24.9 Å². The fourth-order valence-corrected chi connectivity index (χ4v) is 4.03. The number of nitrogens with zero attached hydrogens (tertiary/aromatic N) is 1. The fourth-order valence-electron chi connectivity index (χ4n) is 4.03. The van der Waals surface area contributed by atoms with Crippen molar-refractivity contribution in [3.63, 3.8) is 0 Å². The number of alkyl halides is 3.